The van der Waals surface area contributed by atoms with Crippen molar-refractivity contribution in [3.8, 4) is 11.5 Å². The van der Waals surface area contributed by atoms with E-state index in [9.17, 15) is 14.6 Å². The van der Waals surface area contributed by atoms with Gasteiger partial charge >= 0.3 is 0 Å². The predicted octanol–water partition coefficient (Wildman–Crippen LogP) is 6.34. The summed E-state index contributed by atoms with van der Waals surface area (Å²) in [4.78, 5) is 2.98. The Hall–Kier alpha value is -2.96. The van der Waals surface area contributed by atoms with E-state index in [1.807, 2.05) is 42.5 Å². The molecule has 6 heteroatoms. The Bertz CT molecular complexity index is 1090. The molecule has 3 aromatic rings. The van der Waals surface area contributed by atoms with Gasteiger partial charge in [-0.3, -0.25) is 0 Å². The first-order valence-corrected chi connectivity index (χ1v) is 11.6. The van der Waals surface area contributed by atoms with Crippen LogP contribution in [0.5, 0.6) is 11.5 Å². The molecule has 0 aromatic heterocycles. The highest BCUT2D eigenvalue weighted by Crippen LogP contribution is 2.47. The molecular weight excluding hydrogens is 437 g/mol. The van der Waals surface area contributed by atoms with Gasteiger partial charge in [-0.25, -0.2) is 4.39 Å². The Morgan fingerprint density at radius 1 is 1.09 bits per heavy atom. The average molecular weight is 466 g/mol. The van der Waals surface area contributed by atoms with E-state index < -0.39 is 6.10 Å². The van der Waals surface area contributed by atoms with E-state index in [0.29, 0.717) is 17.7 Å². The number of thiocarbonyl (C=S) groups is 1. The molecule has 0 aliphatic carbocycles. The summed E-state index contributed by atoms with van der Waals surface area (Å²) in [5, 5.41) is 21.4. The lowest BCUT2D eigenvalue weighted by Crippen LogP contribution is -2.28. The first kappa shape index (κ1) is 23.2. The van der Waals surface area contributed by atoms with Crippen molar-refractivity contribution >= 4 is 22.9 Å². The van der Waals surface area contributed by atoms with Crippen LogP contribution >= 0.6 is 12.2 Å². The number of hydrogen-bond donors (Lipinski definition) is 2. The van der Waals surface area contributed by atoms with Crippen LogP contribution in [0.2, 0.25) is 0 Å². The van der Waals surface area contributed by atoms with Gasteiger partial charge in [0.25, 0.3) is 0 Å². The molecular formula is C27H28FNO3S. The van der Waals surface area contributed by atoms with Crippen LogP contribution in [0.3, 0.4) is 0 Å². The molecule has 4 nitrogen and oxygen atoms in total. The van der Waals surface area contributed by atoms with Gasteiger partial charge in [0, 0.05) is 23.7 Å². The maximum Gasteiger partial charge on any atom is 0.124 e. The molecule has 33 heavy (non-hydrogen) atoms. The third kappa shape index (κ3) is 5.18. The van der Waals surface area contributed by atoms with E-state index in [1.165, 1.54) is 12.1 Å². The summed E-state index contributed by atoms with van der Waals surface area (Å²) < 4.78 is 18.4. The highest BCUT2D eigenvalue weighted by molar-refractivity contribution is 7.80. The summed E-state index contributed by atoms with van der Waals surface area (Å²) in [5.41, 5.74) is 2.52. The van der Waals surface area contributed by atoms with Gasteiger partial charge in [0.2, 0.25) is 0 Å². The first-order valence-electron chi connectivity index (χ1n) is 11.2. The molecule has 1 heterocycles. The van der Waals surface area contributed by atoms with Crippen molar-refractivity contribution in [2.24, 2.45) is 5.92 Å². The number of halogens is 1. The Morgan fingerprint density at radius 3 is 2.48 bits per heavy atom. The fourth-order valence-electron chi connectivity index (χ4n) is 4.67. The molecule has 172 valence electrons. The SMILES string of the molecule is COc1ccc([C@@H]2[C@@H](CCCC(O)c3ccc(F)cc3)CC(=S)N2c2ccccc2)c(O)c1. The van der Waals surface area contributed by atoms with Crippen LogP contribution in [0.4, 0.5) is 10.1 Å². The van der Waals surface area contributed by atoms with E-state index in [4.69, 9.17) is 17.0 Å². The molecule has 0 radical (unpaired) electrons. The maximum absolute atomic E-state index is 13.2. The summed E-state index contributed by atoms with van der Waals surface area (Å²) >= 11 is 5.79. The van der Waals surface area contributed by atoms with Gasteiger partial charge in [-0.2, -0.15) is 0 Å². The third-order valence-electron chi connectivity index (χ3n) is 6.33. The monoisotopic (exact) mass is 465 g/mol. The highest BCUT2D eigenvalue weighted by atomic mass is 32.1. The van der Waals surface area contributed by atoms with E-state index in [0.717, 1.165) is 35.5 Å². The number of aliphatic hydroxyl groups excluding tert-OH is 1. The van der Waals surface area contributed by atoms with Gasteiger partial charge in [0.1, 0.15) is 17.3 Å². The van der Waals surface area contributed by atoms with Crippen LogP contribution in [0.25, 0.3) is 0 Å². The lowest BCUT2D eigenvalue weighted by atomic mass is 9.88. The van der Waals surface area contributed by atoms with Crippen molar-refractivity contribution < 1.29 is 19.3 Å². The number of nitrogens with zero attached hydrogens (tertiary/aromatic N) is 1. The number of anilines is 1. The molecule has 3 aromatic carbocycles. The van der Waals surface area contributed by atoms with Crippen molar-refractivity contribution in [1.82, 2.24) is 0 Å². The van der Waals surface area contributed by atoms with Crippen LogP contribution in [0.15, 0.2) is 72.8 Å². The largest absolute Gasteiger partial charge is 0.507 e. The van der Waals surface area contributed by atoms with Gasteiger partial charge in [0.05, 0.1) is 24.2 Å². The van der Waals surface area contributed by atoms with E-state index in [1.54, 1.807) is 25.3 Å². The van der Waals surface area contributed by atoms with E-state index in [-0.39, 0.29) is 23.5 Å². The minimum Gasteiger partial charge on any atom is -0.507 e. The van der Waals surface area contributed by atoms with Crippen molar-refractivity contribution in [2.45, 2.75) is 37.8 Å². The molecule has 0 spiro atoms. The molecule has 0 amide bonds. The fraction of sp³-hybridized carbons (Fsp3) is 0.296. The van der Waals surface area contributed by atoms with Crippen LogP contribution in [0.1, 0.15) is 49.0 Å². The van der Waals surface area contributed by atoms with Gasteiger partial charge in [-0.15, -0.1) is 0 Å². The second kappa shape index (κ2) is 10.3. The third-order valence-corrected chi connectivity index (χ3v) is 6.69. The van der Waals surface area contributed by atoms with Crippen molar-refractivity contribution in [1.29, 1.82) is 0 Å². The van der Waals surface area contributed by atoms with Crippen molar-refractivity contribution in [3.05, 3.63) is 89.7 Å². The standard InChI is InChI=1S/C27H28FNO3S/c1-32-22-14-15-23(25(31)17-22)27-19(16-26(33)29(27)21-7-3-2-4-8-21)6-5-9-24(30)18-10-12-20(28)13-11-18/h2-4,7-8,10-15,17,19,24,27,30-31H,5-6,9,16H2,1H3/t19-,24?,27-/m0/s1. The maximum atomic E-state index is 13.2. The molecule has 1 saturated heterocycles. The van der Waals surface area contributed by atoms with Gasteiger partial charge in [-0.05, 0) is 60.7 Å². The Morgan fingerprint density at radius 2 is 1.82 bits per heavy atom. The number of ether oxygens (including phenoxy) is 1. The topological polar surface area (TPSA) is 52.9 Å². The minimum atomic E-state index is -0.642. The average Bonchev–Trinajstić information content (AvgIpc) is 3.15. The highest BCUT2D eigenvalue weighted by Gasteiger charge is 2.40. The minimum absolute atomic E-state index is 0.117. The summed E-state index contributed by atoms with van der Waals surface area (Å²) in [6, 6.07) is 21.3. The van der Waals surface area contributed by atoms with Crippen LogP contribution in [0, 0.1) is 11.7 Å². The molecule has 2 N–H and O–H groups in total. The zero-order valence-electron chi connectivity index (χ0n) is 18.5. The summed E-state index contributed by atoms with van der Waals surface area (Å²) in [5.74, 6) is 0.648. The zero-order valence-corrected chi connectivity index (χ0v) is 19.3. The Labute approximate surface area is 199 Å². The van der Waals surface area contributed by atoms with E-state index in [2.05, 4.69) is 4.90 Å². The first-order chi connectivity index (χ1) is 16.0. The molecule has 1 fully saturated rings. The molecule has 4 rings (SSSR count). The summed E-state index contributed by atoms with van der Waals surface area (Å²) in [6.07, 6.45) is 2.27. The van der Waals surface area contributed by atoms with Crippen molar-refractivity contribution in [2.75, 3.05) is 12.0 Å². The number of methoxy groups -OCH3 is 1. The number of benzene rings is 3. The smallest absolute Gasteiger partial charge is 0.124 e. The molecule has 3 atom stereocenters. The number of rotatable bonds is 8. The number of phenolic OH excluding ortho intramolecular Hbond substituents is 1. The predicted molar refractivity (Wildman–Crippen MR) is 132 cm³/mol. The molecule has 1 unspecified atom stereocenters. The summed E-state index contributed by atoms with van der Waals surface area (Å²) in [7, 11) is 1.57. The van der Waals surface area contributed by atoms with Gasteiger partial charge in [0.15, 0.2) is 0 Å². The van der Waals surface area contributed by atoms with Crippen LogP contribution in [-0.4, -0.2) is 22.3 Å². The van der Waals surface area contributed by atoms with Crippen LogP contribution < -0.4 is 9.64 Å². The van der Waals surface area contributed by atoms with Crippen LogP contribution in [-0.2, 0) is 0 Å². The molecule has 0 bridgehead atoms. The Kier molecular flexibility index (Phi) is 7.26. The quantitative estimate of drug-likeness (QED) is 0.380. The summed E-state index contributed by atoms with van der Waals surface area (Å²) in [6.45, 7) is 0. The number of aromatic hydroxyl groups is 1. The molecule has 0 saturated carbocycles. The Balaban J connectivity index is 1.55. The molecule has 1 aliphatic heterocycles. The van der Waals surface area contributed by atoms with Gasteiger partial charge < -0.3 is 19.8 Å². The second-order valence-electron chi connectivity index (χ2n) is 8.43. The number of phenols is 1. The zero-order chi connectivity index (χ0) is 23.4. The van der Waals surface area contributed by atoms with E-state index >= 15 is 0 Å². The van der Waals surface area contributed by atoms with Gasteiger partial charge in [-0.1, -0.05) is 49.0 Å². The number of para-hydroxylation sites is 1. The lowest BCUT2D eigenvalue weighted by molar-refractivity contribution is 0.160. The number of hydrogen-bond acceptors (Lipinski definition) is 4. The fourth-order valence-corrected chi connectivity index (χ4v) is 5.10. The van der Waals surface area contributed by atoms with Crippen molar-refractivity contribution in [3.63, 3.8) is 0 Å². The molecule has 1 aliphatic rings. The number of aliphatic hydroxyl groups is 1. The lowest BCUT2D eigenvalue weighted by Gasteiger charge is -2.31. The normalized spacial score (nSPS) is 19.0. The second-order valence-corrected chi connectivity index (χ2v) is 8.90.